The van der Waals surface area contributed by atoms with Gasteiger partial charge in [0, 0.05) is 29.9 Å². The molecule has 0 saturated carbocycles. The predicted molar refractivity (Wildman–Crippen MR) is 67.2 cm³/mol. The van der Waals surface area contributed by atoms with Crippen molar-refractivity contribution in [2.75, 3.05) is 11.4 Å². The van der Waals surface area contributed by atoms with Gasteiger partial charge in [-0.15, -0.1) is 0 Å². The minimum absolute atomic E-state index is 0.216. The van der Waals surface area contributed by atoms with Crippen molar-refractivity contribution in [3.05, 3.63) is 29.6 Å². The second-order valence-corrected chi connectivity index (χ2v) is 4.34. The third kappa shape index (κ3) is 2.53. The minimum Gasteiger partial charge on any atom is -0.369 e. The number of nitrogens with two attached hydrogens (primary N) is 1. The summed E-state index contributed by atoms with van der Waals surface area (Å²) in [5, 5.41) is 0. The van der Waals surface area contributed by atoms with Crippen molar-refractivity contribution in [3.63, 3.8) is 0 Å². The van der Waals surface area contributed by atoms with Crippen LogP contribution in [-0.4, -0.2) is 12.6 Å². The van der Waals surface area contributed by atoms with E-state index < -0.39 is 0 Å². The predicted octanol–water partition coefficient (Wildman–Crippen LogP) is 3.08. The van der Waals surface area contributed by atoms with Crippen LogP contribution in [0.15, 0.2) is 18.2 Å². The van der Waals surface area contributed by atoms with E-state index in [1.165, 1.54) is 6.07 Å². The maximum absolute atomic E-state index is 13.8. The first kappa shape index (κ1) is 13.0. The SMILES string of the molecule is CCN(c1cccc(F)c1[C@H](C)N)C(C)C. The molecule has 1 aromatic carbocycles. The monoisotopic (exact) mass is 224 g/mol. The molecule has 1 atom stereocenters. The molecule has 16 heavy (non-hydrogen) atoms. The highest BCUT2D eigenvalue weighted by Gasteiger charge is 2.18. The van der Waals surface area contributed by atoms with E-state index in [1.54, 1.807) is 6.07 Å². The number of hydrogen-bond donors (Lipinski definition) is 1. The lowest BCUT2D eigenvalue weighted by Crippen LogP contribution is -2.32. The molecule has 3 heteroatoms. The van der Waals surface area contributed by atoms with Crippen molar-refractivity contribution in [2.24, 2.45) is 5.73 Å². The highest BCUT2D eigenvalue weighted by atomic mass is 19.1. The summed E-state index contributed by atoms with van der Waals surface area (Å²) >= 11 is 0. The van der Waals surface area contributed by atoms with Crippen LogP contribution in [0.4, 0.5) is 10.1 Å². The first-order valence-corrected chi connectivity index (χ1v) is 5.79. The van der Waals surface area contributed by atoms with Crippen LogP contribution in [0.2, 0.25) is 0 Å². The maximum atomic E-state index is 13.8. The van der Waals surface area contributed by atoms with Crippen LogP contribution in [0.5, 0.6) is 0 Å². The number of benzene rings is 1. The Morgan fingerprint density at radius 3 is 2.38 bits per heavy atom. The van der Waals surface area contributed by atoms with Crippen molar-refractivity contribution in [2.45, 2.75) is 39.8 Å². The Hall–Kier alpha value is -1.09. The molecule has 0 aliphatic heterocycles. The second kappa shape index (κ2) is 5.30. The summed E-state index contributed by atoms with van der Waals surface area (Å²) in [6.45, 7) is 8.92. The fraction of sp³-hybridized carbons (Fsp3) is 0.538. The summed E-state index contributed by atoms with van der Waals surface area (Å²) in [7, 11) is 0. The summed E-state index contributed by atoms with van der Waals surface area (Å²) in [5.41, 5.74) is 7.36. The van der Waals surface area contributed by atoms with E-state index in [4.69, 9.17) is 5.73 Å². The standard InChI is InChI=1S/C13H21FN2/c1-5-16(9(2)3)12-8-6-7-11(14)13(12)10(4)15/h6-10H,5,15H2,1-4H3/t10-/m0/s1. The molecule has 0 unspecified atom stereocenters. The molecule has 0 fully saturated rings. The molecule has 90 valence electrons. The molecule has 0 spiro atoms. The van der Waals surface area contributed by atoms with Crippen LogP contribution in [0.25, 0.3) is 0 Å². The molecule has 2 nitrogen and oxygen atoms in total. The number of halogens is 1. The molecule has 2 N–H and O–H groups in total. The van der Waals surface area contributed by atoms with E-state index in [0.717, 1.165) is 12.2 Å². The number of anilines is 1. The summed E-state index contributed by atoms with van der Waals surface area (Å²) < 4.78 is 13.8. The van der Waals surface area contributed by atoms with E-state index in [1.807, 2.05) is 13.0 Å². The molecular formula is C13H21FN2. The van der Waals surface area contributed by atoms with Gasteiger partial charge in [0.05, 0.1) is 0 Å². The molecule has 0 heterocycles. The summed E-state index contributed by atoms with van der Waals surface area (Å²) in [6, 6.07) is 5.19. The molecular weight excluding hydrogens is 203 g/mol. The van der Waals surface area contributed by atoms with Crippen LogP contribution < -0.4 is 10.6 Å². The zero-order chi connectivity index (χ0) is 12.3. The Labute approximate surface area is 97.3 Å². The average molecular weight is 224 g/mol. The van der Waals surface area contributed by atoms with Crippen molar-refractivity contribution < 1.29 is 4.39 Å². The van der Waals surface area contributed by atoms with Crippen LogP contribution in [0.1, 0.15) is 39.3 Å². The highest BCUT2D eigenvalue weighted by Crippen LogP contribution is 2.28. The number of rotatable bonds is 4. The Morgan fingerprint density at radius 2 is 1.94 bits per heavy atom. The maximum Gasteiger partial charge on any atom is 0.130 e. The van der Waals surface area contributed by atoms with Gasteiger partial charge in [-0.25, -0.2) is 4.39 Å². The Morgan fingerprint density at radius 1 is 1.31 bits per heavy atom. The van der Waals surface area contributed by atoms with Gasteiger partial charge in [-0.1, -0.05) is 6.07 Å². The van der Waals surface area contributed by atoms with Crippen LogP contribution in [0.3, 0.4) is 0 Å². The van der Waals surface area contributed by atoms with Gasteiger partial charge in [0.15, 0.2) is 0 Å². The summed E-state index contributed by atoms with van der Waals surface area (Å²) in [5.74, 6) is -0.216. The second-order valence-electron chi connectivity index (χ2n) is 4.34. The van der Waals surface area contributed by atoms with Gasteiger partial charge >= 0.3 is 0 Å². The zero-order valence-electron chi connectivity index (χ0n) is 10.5. The fourth-order valence-corrected chi connectivity index (χ4v) is 2.04. The first-order valence-electron chi connectivity index (χ1n) is 5.79. The van der Waals surface area contributed by atoms with Crippen LogP contribution in [-0.2, 0) is 0 Å². The highest BCUT2D eigenvalue weighted by molar-refractivity contribution is 5.56. The first-order chi connectivity index (χ1) is 7.49. The van der Waals surface area contributed by atoms with Gasteiger partial charge in [-0.2, -0.15) is 0 Å². The Balaban J connectivity index is 3.26. The van der Waals surface area contributed by atoms with E-state index in [-0.39, 0.29) is 11.9 Å². The largest absolute Gasteiger partial charge is 0.369 e. The lowest BCUT2D eigenvalue weighted by molar-refractivity contribution is 0.588. The van der Waals surface area contributed by atoms with Gasteiger partial charge < -0.3 is 10.6 Å². The van der Waals surface area contributed by atoms with Crippen LogP contribution >= 0.6 is 0 Å². The normalized spacial score (nSPS) is 12.9. The van der Waals surface area contributed by atoms with Crippen molar-refractivity contribution >= 4 is 5.69 Å². The quantitative estimate of drug-likeness (QED) is 0.851. The van der Waals surface area contributed by atoms with E-state index >= 15 is 0 Å². The van der Waals surface area contributed by atoms with Gasteiger partial charge in [0.25, 0.3) is 0 Å². The third-order valence-electron chi connectivity index (χ3n) is 2.76. The minimum atomic E-state index is -0.288. The van der Waals surface area contributed by atoms with Crippen molar-refractivity contribution in [1.82, 2.24) is 0 Å². The number of nitrogens with zero attached hydrogens (tertiary/aromatic N) is 1. The van der Waals surface area contributed by atoms with Gasteiger partial charge in [0.1, 0.15) is 5.82 Å². The zero-order valence-corrected chi connectivity index (χ0v) is 10.5. The summed E-state index contributed by atoms with van der Waals surface area (Å²) in [4.78, 5) is 2.15. The van der Waals surface area contributed by atoms with E-state index in [9.17, 15) is 4.39 Å². The molecule has 0 aliphatic rings. The van der Waals surface area contributed by atoms with Crippen molar-refractivity contribution in [3.8, 4) is 0 Å². The molecule has 0 aromatic heterocycles. The molecule has 0 bridgehead atoms. The topological polar surface area (TPSA) is 29.3 Å². The van der Waals surface area contributed by atoms with Crippen molar-refractivity contribution in [1.29, 1.82) is 0 Å². The van der Waals surface area contributed by atoms with E-state index in [2.05, 4.69) is 25.7 Å². The van der Waals surface area contributed by atoms with Gasteiger partial charge in [-0.05, 0) is 39.8 Å². The van der Waals surface area contributed by atoms with Gasteiger partial charge in [0.2, 0.25) is 0 Å². The fourth-order valence-electron chi connectivity index (χ4n) is 2.04. The molecule has 0 amide bonds. The Kier molecular flexibility index (Phi) is 4.30. The lowest BCUT2D eigenvalue weighted by Gasteiger charge is -2.30. The van der Waals surface area contributed by atoms with E-state index in [0.29, 0.717) is 11.6 Å². The molecule has 1 aromatic rings. The Bertz CT molecular complexity index is 348. The molecule has 0 saturated heterocycles. The smallest absolute Gasteiger partial charge is 0.130 e. The molecule has 1 rings (SSSR count). The molecule has 0 radical (unpaired) electrons. The number of hydrogen-bond acceptors (Lipinski definition) is 2. The van der Waals surface area contributed by atoms with Gasteiger partial charge in [-0.3, -0.25) is 0 Å². The molecule has 0 aliphatic carbocycles. The lowest BCUT2D eigenvalue weighted by atomic mass is 10.0. The third-order valence-corrected chi connectivity index (χ3v) is 2.76. The van der Waals surface area contributed by atoms with Crippen LogP contribution in [0, 0.1) is 5.82 Å². The average Bonchev–Trinajstić information content (AvgIpc) is 2.17. The summed E-state index contributed by atoms with van der Waals surface area (Å²) in [6.07, 6.45) is 0.